The number of halogens is 1. The fraction of sp³-hybridized carbons (Fsp3) is 0.200. The fourth-order valence-electron chi connectivity index (χ4n) is 2.80. The number of fused-ring (bicyclic) bond motifs is 1. The molecule has 0 radical (unpaired) electrons. The summed E-state index contributed by atoms with van der Waals surface area (Å²) in [7, 11) is 0. The average Bonchev–Trinajstić information content (AvgIpc) is 3.18. The van der Waals surface area contributed by atoms with Crippen molar-refractivity contribution in [1.29, 1.82) is 0 Å². The third kappa shape index (κ3) is 2.32. The second-order valence-electron chi connectivity index (χ2n) is 5.02. The topological polar surface area (TPSA) is 42.7 Å². The summed E-state index contributed by atoms with van der Waals surface area (Å²) in [6.07, 6.45) is 5.45. The van der Waals surface area contributed by atoms with E-state index in [1.165, 1.54) is 10.4 Å². The van der Waals surface area contributed by atoms with Gasteiger partial charge in [0.1, 0.15) is 12.7 Å². The number of aromatic nitrogens is 3. The standard InChI is InChI=1S/C15H13ClN4S/c16-15-7-10-11(5-6-14(10)21-15)19-12-3-1-2-4-13(12)20-9-17-8-18-20/h1-4,7-9,11,19H,5-6H2. The molecule has 21 heavy (non-hydrogen) atoms. The minimum absolute atomic E-state index is 0.313. The van der Waals surface area contributed by atoms with E-state index in [1.807, 2.05) is 18.2 Å². The molecule has 6 heteroatoms. The molecule has 1 N–H and O–H groups in total. The second-order valence-corrected chi connectivity index (χ2v) is 6.79. The van der Waals surface area contributed by atoms with Gasteiger partial charge in [-0.1, -0.05) is 23.7 Å². The molecular weight excluding hydrogens is 304 g/mol. The molecule has 0 spiro atoms. The molecular formula is C15H13ClN4S. The molecule has 106 valence electrons. The Labute approximate surface area is 131 Å². The lowest BCUT2D eigenvalue weighted by Crippen LogP contribution is -2.09. The molecule has 0 saturated heterocycles. The zero-order chi connectivity index (χ0) is 14.2. The Kier molecular flexibility index (Phi) is 3.16. The van der Waals surface area contributed by atoms with E-state index in [1.54, 1.807) is 28.7 Å². The van der Waals surface area contributed by atoms with Gasteiger partial charge in [-0.05, 0) is 36.6 Å². The number of thiophene rings is 1. The Morgan fingerprint density at radius 2 is 2.24 bits per heavy atom. The second kappa shape index (κ2) is 5.16. The van der Waals surface area contributed by atoms with E-state index < -0.39 is 0 Å². The van der Waals surface area contributed by atoms with Crippen molar-refractivity contribution in [3.63, 3.8) is 0 Å². The summed E-state index contributed by atoms with van der Waals surface area (Å²) < 4.78 is 2.65. The first-order valence-corrected chi connectivity index (χ1v) is 7.99. The van der Waals surface area contributed by atoms with Crippen molar-refractivity contribution in [3.8, 4) is 5.69 Å². The predicted molar refractivity (Wildman–Crippen MR) is 85.4 cm³/mol. The highest BCUT2D eigenvalue weighted by atomic mass is 35.5. The maximum atomic E-state index is 6.13. The van der Waals surface area contributed by atoms with Gasteiger partial charge in [-0.3, -0.25) is 0 Å². The first-order valence-electron chi connectivity index (χ1n) is 6.80. The fourth-order valence-corrected chi connectivity index (χ4v) is 4.15. The third-order valence-electron chi connectivity index (χ3n) is 3.75. The Bertz CT molecular complexity index is 766. The largest absolute Gasteiger partial charge is 0.376 e. The van der Waals surface area contributed by atoms with Crippen molar-refractivity contribution < 1.29 is 0 Å². The highest BCUT2D eigenvalue weighted by molar-refractivity contribution is 7.16. The minimum atomic E-state index is 0.313. The van der Waals surface area contributed by atoms with Crippen molar-refractivity contribution in [2.24, 2.45) is 0 Å². The molecule has 1 aliphatic rings. The van der Waals surface area contributed by atoms with Gasteiger partial charge in [0.05, 0.1) is 21.8 Å². The normalized spacial score (nSPS) is 16.9. The smallest absolute Gasteiger partial charge is 0.138 e. The van der Waals surface area contributed by atoms with Gasteiger partial charge in [0.25, 0.3) is 0 Å². The van der Waals surface area contributed by atoms with Crippen LogP contribution in [0.2, 0.25) is 4.34 Å². The minimum Gasteiger partial charge on any atom is -0.376 e. The first-order chi connectivity index (χ1) is 10.3. The highest BCUT2D eigenvalue weighted by Gasteiger charge is 2.25. The molecule has 0 fully saturated rings. The number of aryl methyl sites for hydroxylation is 1. The van der Waals surface area contributed by atoms with E-state index in [4.69, 9.17) is 11.6 Å². The van der Waals surface area contributed by atoms with Gasteiger partial charge >= 0.3 is 0 Å². The van der Waals surface area contributed by atoms with Crippen LogP contribution in [-0.4, -0.2) is 14.8 Å². The zero-order valence-corrected chi connectivity index (χ0v) is 12.7. The lowest BCUT2D eigenvalue weighted by molar-refractivity contribution is 0.758. The van der Waals surface area contributed by atoms with Gasteiger partial charge < -0.3 is 5.32 Å². The van der Waals surface area contributed by atoms with Gasteiger partial charge in [0.2, 0.25) is 0 Å². The van der Waals surface area contributed by atoms with Gasteiger partial charge in [0, 0.05) is 4.88 Å². The summed E-state index contributed by atoms with van der Waals surface area (Å²) in [6.45, 7) is 0. The van der Waals surface area contributed by atoms with Crippen LogP contribution in [0.25, 0.3) is 5.69 Å². The summed E-state index contributed by atoms with van der Waals surface area (Å²) in [5.74, 6) is 0. The van der Waals surface area contributed by atoms with Crippen molar-refractivity contribution in [2.75, 3.05) is 5.32 Å². The number of benzene rings is 1. The lowest BCUT2D eigenvalue weighted by Gasteiger charge is -2.17. The lowest BCUT2D eigenvalue weighted by atomic mass is 10.1. The van der Waals surface area contributed by atoms with E-state index in [2.05, 4.69) is 27.5 Å². The van der Waals surface area contributed by atoms with Gasteiger partial charge in [-0.15, -0.1) is 11.3 Å². The molecule has 1 aliphatic carbocycles. The summed E-state index contributed by atoms with van der Waals surface area (Å²) in [5, 5.41) is 7.84. The molecule has 1 unspecified atom stereocenters. The molecule has 2 aromatic heterocycles. The summed E-state index contributed by atoms with van der Waals surface area (Å²) in [4.78, 5) is 5.42. The maximum Gasteiger partial charge on any atom is 0.138 e. The van der Waals surface area contributed by atoms with Crippen LogP contribution in [0.5, 0.6) is 0 Å². The summed E-state index contributed by atoms with van der Waals surface area (Å²) in [6, 6.07) is 10.5. The third-order valence-corrected chi connectivity index (χ3v) is 5.09. The number of hydrogen-bond acceptors (Lipinski definition) is 4. The van der Waals surface area contributed by atoms with Crippen LogP contribution in [0, 0.1) is 0 Å². The van der Waals surface area contributed by atoms with E-state index in [0.717, 1.165) is 28.6 Å². The summed E-state index contributed by atoms with van der Waals surface area (Å²) >= 11 is 7.82. The molecule has 0 aliphatic heterocycles. The molecule has 1 aromatic carbocycles. The number of nitrogens with zero attached hydrogens (tertiary/aromatic N) is 3. The highest BCUT2D eigenvalue weighted by Crippen LogP contribution is 2.41. The molecule has 2 heterocycles. The van der Waals surface area contributed by atoms with Gasteiger partial charge in [-0.2, -0.15) is 5.10 Å². The summed E-state index contributed by atoms with van der Waals surface area (Å²) in [5.41, 5.74) is 3.39. The Morgan fingerprint density at radius 3 is 3.10 bits per heavy atom. The Morgan fingerprint density at radius 1 is 1.33 bits per heavy atom. The maximum absolute atomic E-state index is 6.13. The van der Waals surface area contributed by atoms with Crippen LogP contribution < -0.4 is 5.32 Å². The SMILES string of the molecule is Clc1cc2c(s1)CCC2Nc1ccccc1-n1cncn1. The molecule has 1 atom stereocenters. The van der Waals surface area contributed by atoms with Crippen molar-refractivity contribution in [1.82, 2.24) is 14.8 Å². The van der Waals surface area contributed by atoms with Crippen LogP contribution in [0.4, 0.5) is 5.69 Å². The van der Waals surface area contributed by atoms with E-state index >= 15 is 0 Å². The van der Waals surface area contributed by atoms with Crippen molar-refractivity contribution in [3.05, 3.63) is 57.8 Å². The van der Waals surface area contributed by atoms with Crippen molar-refractivity contribution in [2.45, 2.75) is 18.9 Å². The predicted octanol–water partition coefficient (Wildman–Crippen LogP) is 4.08. The van der Waals surface area contributed by atoms with Gasteiger partial charge in [-0.25, -0.2) is 9.67 Å². The molecule has 0 bridgehead atoms. The van der Waals surface area contributed by atoms with Crippen LogP contribution in [-0.2, 0) is 6.42 Å². The zero-order valence-electron chi connectivity index (χ0n) is 11.2. The van der Waals surface area contributed by atoms with Crippen LogP contribution in [0.15, 0.2) is 43.0 Å². The monoisotopic (exact) mass is 316 g/mol. The first kappa shape index (κ1) is 12.9. The molecule has 0 saturated carbocycles. The number of hydrogen-bond donors (Lipinski definition) is 1. The van der Waals surface area contributed by atoms with Gasteiger partial charge in [0.15, 0.2) is 0 Å². The van der Waals surface area contributed by atoms with Crippen LogP contribution in [0.3, 0.4) is 0 Å². The number of para-hydroxylation sites is 2. The quantitative estimate of drug-likeness (QED) is 0.791. The van der Waals surface area contributed by atoms with Crippen molar-refractivity contribution >= 4 is 28.6 Å². The number of rotatable bonds is 3. The Hall–Kier alpha value is -1.85. The number of nitrogens with one attached hydrogen (secondary N) is 1. The van der Waals surface area contributed by atoms with E-state index in [0.29, 0.717) is 6.04 Å². The molecule has 3 aromatic rings. The molecule has 0 amide bonds. The molecule has 4 nitrogen and oxygen atoms in total. The Balaban J connectivity index is 1.67. The van der Waals surface area contributed by atoms with E-state index in [-0.39, 0.29) is 0 Å². The number of anilines is 1. The van der Waals surface area contributed by atoms with E-state index in [9.17, 15) is 0 Å². The van der Waals surface area contributed by atoms with Crippen LogP contribution >= 0.6 is 22.9 Å². The van der Waals surface area contributed by atoms with Crippen LogP contribution in [0.1, 0.15) is 22.9 Å². The molecule has 4 rings (SSSR count). The average molecular weight is 317 g/mol.